The molecule has 0 atom stereocenters. The average Bonchev–Trinajstić information content (AvgIpc) is 3.24. The van der Waals surface area contributed by atoms with Gasteiger partial charge in [0.05, 0.1) is 30.3 Å². The molecule has 2 aromatic carbocycles. The van der Waals surface area contributed by atoms with Crippen molar-refractivity contribution < 1.29 is 13.9 Å². The summed E-state index contributed by atoms with van der Waals surface area (Å²) in [5.74, 6) is -0.533. The zero-order chi connectivity index (χ0) is 21.8. The van der Waals surface area contributed by atoms with E-state index in [1.54, 1.807) is 23.0 Å². The van der Waals surface area contributed by atoms with Crippen LogP contribution in [0.1, 0.15) is 5.56 Å². The Labute approximate surface area is 188 Å². The van der Waals surface area contributed by atoms with Gasteiger partial charge in [0.25, 0.3) is 0 Å². The second kappa shape index (κ2) is 9.67. The third-order valence-electron chi connectivity index (χ3n) is 4.87. The van der Waals surface area contributed by atoms with Crippen LogP contribution >= 0.6 is 23.4 Å². The molecule has 1 saturated heterocycles. The van der Waals surface area contributed by atoms with Gasteiger partial charge in [0.2, 0.25) is 5.91 Å². The second-order valence-electron chi connectivity index (χ2n) is 7.02. The molecule has 2 heterocycles. The molecule has 3 aromatic rings. The first-order chi connectivity index (χ1) is 15.0. The maximum absolute atomic E-state index is 14.5. The molecule has 1 fully saturated rings. The molecule has 0 aliphatic carbocycles. The van der Waals surface area contributed by atoms with Crippen LogP contribution in [0.3, 0.4) is 0 Å². The maximum atomic E-state index is 14.5. The van der Waals surface area contributed by atoms with E-state index >= 15 is 0 Å². The Morgan fingerprint density at radius 3 is 2.81 bits per heavy atom. The molecule has 0 bridgehead atoms. The summed E-state index contributed by atoms with van der Waals surface area (Å²) in [4.78, 5) is 14.3. The summed E-state index contributed by atoms with van der Waals surface area (Å²) in [6, 6.07) is 10.4. The van der Waals surface area contributed by atoms with Gasteiger partial charge in [-0.25, -0.2) is 4.39 Å². The van der Waals surface area contributed by atoms with Gasteiger partial charge in [-0.1, -0.05) is 29.4 Å². The normalized spacial score (nSPS) is 14.0. The molecule has 10 heteroatoms. The standard InChI is InChI=1S/C21H21ClFN5O2S/c1-14-2-4-16(11-17(14)22)28-13-24-26-21(28)31-12-20(29)25-15-3-5-19(18(23)10-15)27-6-8-30-9-7-27/h2-5,10-11,13H,6-9,12H2,1H3,(H,25,29). The van der Waals surface area contributed by atoms with Gasteiger partial charge in [0.15, 0.2) is 5.16 Å². The molecule has 0 spiro atoms. The fourth-order valence-corrected chi connectivity index (χ4v) is 4.11. The summed E-state index contributed by atoms with van der Waals surface area (Å²) in [5.41, 5.74) is 2.70. The summed E-state index contributed by atoms with van der Waals surface area (Å²) < 4.78 is 21.6. The van der Waals surface area contributed by atoms with Crippen molar-refractivity contribution in [2.45, 2.75) is 12.1 Å². The number of nitrogens with zero attached hydrogens (tertiary/aromatic N) is 4. The largest absolute Gasteiger partial charge is 0.378 e. The number of nitrogens with one attached hydrogen (secondary N) is 1. The fourth-order valence-electron chi connectivity index (χ4n) is 3.20. The summed E-state index contributed by atoms with van der Waals surface area (Å²) in [6.45, 7) is 4.37. The second-order valence-corrected chi connectivity index (χ2v) is 8.37. The predicted molar refractivity (Wildman–Crippen MR) is 120 cm³/mol. The van der Waals surface area contributed by atoms with Gasteiger partial charge < -0.3 is 15.0 Å². The predicted octanol–water partition coefficient (Wildman–Crippen LogP) is 3.94. The molecule has 1 aromatic heterocycles. The minimum Gasteiger partial charge on any atom is -0.378 e. The molecule has 1 aliphatic heterocycles. The average molecular weight is 462 g/mol. The maximum Gasteiger partial charge on any atom is 0.234 e. The van der Waals surface area contributed by atoms with Crippen molar-refractivity contribution in [2.75, 3.05) is 42.3 Å². The van der Waals surface area contributed by atoms with E-state index in [0.717, 1.165) is 11.3 Å². The summed E-state index contributed by atoms with van der Waals surface area (Å²) >= 11 is 7.44. The number of hydrogen-bond donors (Lipinski definition) is 1. The molecular weight excluding hydrogens is 441 g/mol. The van der Waals surface area contributed by atoms with E-state index < -0.39 is 0 Å². The molecule has 7 nitrogen and oxygen atoms in total. The van der Waals surface area contributed by atoms with Gasteiger partial charge >= 0.3 is 0 Å². The topological polar surface area (TPSA) is 72.3 Å². The zero-order valence-electron chi connectivity index (χ0n) is 16.8. The van der Waals surface area contributed by atoms with Crippen LogP contribution in [0.4, 0.5) is 15.8 Å². The number of benzene rings is 2. The fraction of sp³-hybridized carbons (Fsp3) is 0.286. The van der Waals surface area contributed by atoms with E-state index in [1.165, 1.54) is 17.8 Å². The van der Waals surface area contributed by atoms with E-state index in [4.69, 9.17) is 16.3 Å². The Balaban J connectivity index is 1.37. The number of rotatable bonds is 6. The molecule has 1 aliphatic rings. The van der Waals surface area contributed by atoms with Crippen LogP contribution in [-0.2, 0) is 9.53 Å². The lowest BCUT2D eigenvalue weighted by Crippen LogP contribution is -2.36. The first kappa shape index (κ1) is 21.6. The van der Waals surface area contributed by atoms with Crippen LogP contribution in [0.15, 0.2) is 47.9 Å². The van der Waals surface area contributed by atoms with Gasteiger partial charge in [0.1, 0.15) is 12.1 Å². The van der Waals surface area contributed by atoms with E-state index in [9.17, 15) is 9.18 Å². The molecule has 0 radical (unpaired) electrons. The number of morpholine rings is 1. The smallest absolute Gasteiger partial charge is 0.234 e. The lowest BCUT2D eigenvalue weighted by molar-refractivity contribution is -0.113. The minimum atomic E-state index is -0.372. The minimum absolute atomic E-state index is 0.102. The van der Waals surface area contributed by atoms with Crippen molar-refractivity contribution >= 4 is 40.6 Å². The molecule has 162 valence electrons. The highest BCUT2D eigenvalue weighted by Crippen LogP contribution is 2.26. The van der Waals surface area contributed by atoms with Crippen LogP contribution in [0.2, 0.25) is 5.02 Å². The Hall–Kier alpha value is -2.62. The van der Waals surface area contributed by atoms with Crippen molar-refractivity contribution in [2.24, 2.45) is 0 Å². The third kappa shape index (κ3) is 5.17. The summed E-state index contributed by atoms with van der Waals surface area (Å²) in [5, 5.41) is 11.9. The molecule has 4 rings (SSSR count). The summed E-state index contributed by atoms with van der Waals surface area (Å²) in [7, 11) is 0. The monoisotopic (exact) mass is 461 g/mol. The Morgan fingerprint density at radius 2 is 2.06 bits per heavy atom. The number of halogens is 2. The number of carbonyl (C=O) groups excluding carboxylic acids is 1. The zero-order valence-corrected chi connectivity index (χ0v) is 18.4. The number of amides is 1. The number of aromatic nitrogens is 3. The Morgan fingerprint density at radius 1 is 1.26 bits per heavy atom. The number of ether oxygens (including phenoxy) is 1. The van der Waals surface area contributed by atoms with Crippen molar-refractivity contribution in [3.8, 4) is 5.69 Å². The van der Waals surface area contributed by atoms with Gasteiger partial charge in [-0.05, 0) is 42.8 Å². The molecule has 1 amide bonds. The number of thioether (sulfide) groups is 1. The lowest BCUT2D eigenvalue weighted by Gasteiger charge is -2.29. The first-order valence-electron chi connectivity index (χ1n) is 9.73. The van der Waals surface area contributed by atoms with Crippen LogP contribution in [0, 0.1) is 12.7 Å². The molecule has 0 unspecified atom stereocenters. The van der Waals surface area contributed by atoms with Crippen LogP contribution in [-0.4, -0.2) is 52.7 Å². The number of anilines is 2. The van der Waals surface area contributed by atoms with Crippen molar-refractivity contribution in [1.29, 1.82) is 0 Å². The van der Waals surface area contributed by atoms with Crippen molar-refractivity contribution in [3.63, 3.8) is 0 Å². The highest BCUT2D eigenvalue weighted by atomic mass is 35.5. The quantitative estimate of drug-likeness (QED) is 0.561. The summed E-state index contributed by atoms with van der Waals surface area (Å²) in [6.07, 6.45) is 1.57. The van der Waals surface area contributed by atoms with E-state index in [-0.39, 0.29) is 17.5 Å². The van der Waals surface area contributed by atoms with E-state index in [1.807, 2.05) is 30.0 Å². The van der Waals surface area contributed by atoms with Gasteiger partial charge in [-0.3, -0.25) is 9.36 Å². The molecule has 1 N–H and O–H groups in total. The number of aryl methyl sites for hydroxylation is 1. The molecular formula is C21H21ClFN5O2S. The highest BCUT2D eigenvalue weighted by molar-refractivity contribution is 7.99. The van der Waals surface area contributed by atoms with E-state index in [0.29, 0.717) is 47.9 Å². The van der Waals surface area contributed by atoms with Crippen LogP contribution in [0.5, 0.6) is 0 Å². The highest BCUT2D eigenvalue weighted by Gasteiger charge is 2.16. The number of carbonyl (C=O) groups is 1. The molecule has 0 saturated carbocycles. The lowest BCUT2D eigenvalue weighted by atomic mass is 10.2. The van der Waals surface area contributed by atoms with Crippen molar-refractivity contribution in [3.05, 3.63) is 59.1 Å². The number of hydrogen-bond acceptors (Lipinski definition) is 6. The van der Waals surface area contributed by atoms with Gasteiger partial charge in [0, 0.05) is 23.8 Å². The Bertz CT molecular complexity index is 1090. The Kier molecular flexibility index (Phi) is 6.74. The van der Waals surface area contributed by atoms with Crippen LogP contribution in [0.25, 0.3) is 5.69 Å². The van der Waals surface area contributed by atoms with Crippen LogP contribution < -0.4 is 10.2 Å². The first-order valence-corrected chi connectivity index (χ1v) is 11.1. The van der Waals surface area contributed by atoms with Gasteiger partial charge in [-0.15, -0.1) is 10.2 Å². The van der Waals surface area contributed by atoms with Crippen molar-refractivity contribution in [1.82, 2.24) is 14.8 Å². The van der Waals surface area contributed by atoms with Gasteiger partial charge in [-0.2, -0.15) is 0 Å². The molecule has 31 heavy (non-hydrogen) atoms. The SMILES string of the molecule is Cc1ccc(-n2cnnc2SCC(=O)Nc2ccc(N3CCOCC3)c(F)c2)cc1Cl. The third-order valence-corrected chi connectivity index (χ3v) is 6.22. The van der Waals surface area contributed by atoms with E-state index in [2.05, 4.69) is 15.5 Å².